The maximum absolute atomic E-state index is 13.8. The molecule has 0 radical (unpaired) electrons. The van der Waals surface area contributed by atoms with Gasteiger partial charge in [-0.05, 0) is 36.6 Å². The molecular weight excluding hydrogens is 397 g/mol. The van der Waals surface area contributed by atoms with Gasteiger partial charge in [0.15, 0.2) is 6.04 Å². The molecule has 0 aliphatic carbocycles. The summed E-state index contributed by atoms with van der Waals surface area (Å²) in [6.45, 7) is 0.505. The summed E-state index contributed by atoms with van der Waals surface area (Å²) in [5.74, 6) is 0.0911. The van der Waals surface area contributed by atoms with Gasteiger partial charge in [0.1, 0.15) is 17.1 Å². The Kier molecular flexibility index (Phi) is 4.34. The second-order valence-electron chi connectivity index (χ2n) is 7.55. The number of fused-ring (bicyclic) bond motifs is 2. The number of nitrogens with zero attached hydrogens (tertiary/aromatic N) is 3. The molecule has 30 heavy (non-hydrogen) atoms. The van der Waals surface area contributed by atoms with Gasteiger partial charge in [0.25, 0.3) is 5.91 Å². The molecule has 1 N–H and O–H groups in total. The van der Waals surface area contributed by atoms with Crippen molar-refractivity contribution in [1.29, 1.82) is 0 Å². The lowest BCUT2D eigenvalue weighted by Crippen LogP contribution is -2.38. The van der Waals surface area contributed by atoms with Crippen molar-refractivity contribution in [3.63, 3.8) is 0 Å². The van der Waals surface area contributed by atoms with Crippen molar-refractivity contribution in [3.8, 4) is 0 Å². The summed E-state index contributed by atoms with van der Waals surface area (Å²) < 4.78 is 47.6. The Morgan fingerprint density at radius 1 is 1.20 bits per heavy atom. The SMILES string of the molecule is O=C(c1cnn2c1N[C@H](c1ccco1)C[C@H]2C(F)(F)F)N1CCCc2ccccc21. The molecular formula is C21H19F3N4O2. The van der Waals surface area contributed by atoms with Gasteiger partial charge in [-0.3, -0.25) is 4.79 Å². The molecule has 156 valence electrons. The Morgan fingerprint density at radius 2 is 2.03 bits per heavy atom. The van der Waals surface area contributed by atoms with E-state index in [0.29, 0.717) is 12.3 Å². The largest absolute Gasteiger partial charge is 0.467 e. The number of carbonyl (C=O) groups is 1. The quantitative estimate of drug-likeness (QED) is 0.656. The van der Waals surface area contributed by atoms with Gasteiger partial charge in [-0.1, -0.05) is 18.2 Å². The first-order valence-corrected chi connectivity index (χ1v) is 9.77. The van der Waals surface area contributed by atoms with Crippen LogP contribution in [0.5, 0.6) is 0 Å². The fraction of sp³-hybridized carbons (Fsp3) is 0.333. The standard InChI is InChI=1S/C21H19F3N4O2/c22-21(23,24)18-11-15(17-8-4-10-30-17)26-19-14(12-25-28(18)19)20(29)27-9-3-6-13-5-1-2-7-16(13)27/h1-2,4-5,7-8,10,12,15,18,26H,3,6,9,11H2/t15-,18-/m0/s1. The van der Waals surface area contributed by atoms with Crippen LogP contribution >= 0.6 is 0 Å². The molecule has 9 heteroatoms. The van der Waals surface area contributed by atoms with Crippen molar-refractivity contribution in [2.75, 3.05) is 16.8 Å². The average Bonchev–Trinajstić information content (AvgIpc) is 3.41. The number of halogens is 3. The van der Waals surface area contributed by atoms with Crippen molar-refractivity contribution < 1.29 is 22.4 Å². The zero-order chi connectivity index (χ0) is 20.9. The zero-order valence-electron chi connectivity index (χ0n) is 15.9. The zero-order valence-corrected chi connectivity index (χ0v) is 15.9. The average molecular weight is 416 g/mol. The normalized spacial score (nSPS) is 21.0. The molecule has 3 aromatic rings. The monoisotopic (exact) mass is 416 g/mol. The summed E-state index contributed by atoms with van der Waals surface area (Å²) in [4.78, 5) is 15.0. The van der Waals surface area contributed by atoms with Gasteiger partial charge in [-0.15, -0.1) is 0 Å². The predicted molar refractivity (Wildman–Crippen MR) is 103 cm³/mol. The van der Waals surface area contributed by atoms with Crippen LogP contribution in [0.15, 0.2) is 53.3 Å². The highest BCUT2D eigenvalue weighted by Crippen LogP contribution is 2.44. The number of para-hydroxylation sites is 1. The van der Waals surface area contributed by atoms with Crippen molar-refractivity contribution >= 4 is 17.4 Å². The first kappa shape index (κ1) is 18.8. The van der Waals surface area contributed by atoms with E-state index in [-0.39, 0.29) is 23.7 Å². The molecule has 0 unspecified atom stereocenters. The van der Waals surface area contributed by atoms with Crippen LogP contribution in [0.4, 0.5) is 24.7 Å². The molecule has 0 saturated carbocycles. The van der Waals surface area contributed by atoms with E-state index in [9.17, 15) is 18.0 Å². The van der Waals surface area contributed by atoms with Gasteiger partial charge < -0.3 is 14.6 Å². The maximum atomic E-state index is 13.8. The van der Waals surface area contributed by atoms with Crippen molar-refractivity contribution in [2.45, 2.75) is 37.5 Å². The van der Waals surface area contributed by atoms with Crippen molar-refractivity contribution in [3.05, 3.63) is 65.7 Å². The summed E-state index contributed by atoms with van der Waals surface area (Å²) in [6, 6.07) is 8.28. The number of nitrogens with one attached hydrogen (secondary N) is 1. The predicted octanol–water partition coefficient (Wildman–Crippen LogP) is 4.73. The van der Waals surface area contributed by atoms with E-state index in [0.717, 1.165) is 28.8 Å². The van der Waals surface area contributed by atoms with Crippen LogP contribution in [0.3, 0.4) is 0 Å². The lowest BCUT2D eigenvalue weighted by molar-refractivity contribution is -0.174. The minimum atomic E-state index is -4.51. The van der Waals surface area contributed by atoms with E-state index in [2.05, 4.69) is 10.4 Å². The van der Waals surface area contributed by atoms with Crippen LogP contribution in [0, 0.1) is 0 Å². The van der Waals surface area contributed by atoms with Crippen LogP contribution < -0.4 is 10.2 Å². The van der Waals surface area contributed by atoms with E-state index in [1.165, 1.54) is 12.5 Å². The van der Waals surface area contributed by atoms with E-state index >= 15 is 0 Å². The van der Waals surface area contributed by atoms with E-state index in [1.807, 2.05) is 24.3 Å². The van der Waals surface area contributed by atoms with Crippen LogP contribution in [0.25, 0.3) is 0 Å². The fourth-order valence-electron chi connectivity index (χ4n) is 4.29. The molecule has 1 amide bonds. The van der Waals surface area contributed by atoms with Crippen molar-refractivity contribution in [2.24, 2.45) is 0 Å². The third kappa shape index (κ3) is 3.05. The van der Waals surface area contributed by atoms with Crippen LogP contribution in [0.1, 0.15) is 46.6 Å². The number of hydrogen-bond acceptors (Lipinski definition) is 4. The minimum Gasteiger partial charge on any atom is -0.467 e. The second-order valence-corrected chi connectivity index (χ2v) is 7.55. The Labute approximate surface area is 170 Å². The number of amides is 1. The Morgan fingerprint density at radius 3 is 2.80 bits per heavy atom. The molecule has 2 aliphatic heterocycles. The molecule has 2 atom stereocenters. The third-order valence-electron chi connectivity index (χ3n) is 5.71. The number of benzene rings is 1. The van der Waals surface area contributed by atoms with E-state index in [1.54, 1.807) is 17.0 Å². The summed E-state index contributed by atoms with van der Waals surface area (Å²) in [5, 5.41) is 7.00. The third-order valence-corrected chi connectivity index (χ3v) is 5.71. The molecule has 6 nitrogen and oxygen atoms in total. The summed E-state index contributed by atoms with van der Waals surface area (Å²) >= 11 is 0. The second kappa shape index (κ2) is 6.93. The summed E-state index contributed by atoms with van der Waals surface area (Å²) in [5.41, 5.74) is 1.96. The molecule has 0 spiro atoms. The molecule has 0 bridgehead atoms. The van der Waals surface area contributed by atoms with Crippen LogP contribution in [-0.4, -0.2) is 28.4 Å². The number of aryl methyl sites for hydroxylation is 1. The molecule has 0 fully saturated rings. The molecule has 2 aromatic heterocycles. The smallest absolute Gasteiger partial charge is 0.410 e. The number of alkyl halides is 3. The number of rotatable bonds is 2. The van der Waals surface area contributed by atoms with Gasteiger partial charge >= 0.3 is 6.18 Å². The van der Waals surface area contributed by atoms with Gasteiger partial charge in [-0.2, -0.15) is 18.3 Å². The molecule has 5 rings (SSSR count). The number of hydrogen-bond donors (Lipinski definition) is 1. The summed E-state index contributed by atoms with van der Waals surface area (Å²) in [6.07, 6.45) is -0.480. The van der Waals surface area contributed by atoms with Crippen molar-refractivity contribution in [1.82, 2.24) is 9.78 Å². The maximum Gasteiger partial charge on any atom is 0.410 e. The molecule has 4 heterocycles. The Balaban J connectivity index is 1.55. The van der Waals surface area contributed by atoms with Gasteiger partial charge in [-0.25, -0.2) is 4.68 Å². The first-order valence-electron chi connectivity index (χ1n) is 9.77. The van der Waals surface area contributed by atoms with Gasteiger partial charge in [0, 0.05) is 18.7 Å². The van der Waals surface area contributed by atoms with Gasteiger partial charge in [0.2, 0.25) is 0 Å². The van der Waals surface area contributed by atoms with Crippen LogP contribution in [0.2, 0.25) is 0 Å². The number of carbonyl (C=O) groups excluding carboxylic acids is 1. The first-order chi connectivity index (χ1) is 14.4. The van der Waals surface area contributed by atoms with Crippen LogP contribution in [-0.2, 0) is 6.42 Å². The Bertz CT molecular complexity index is 1070. The highest BCUT2D eigenvalue weighted by Gasteiger charge is 2.48. The fourth-order valence-corrected chi connectivity index (χ4v) is 4.29. The Hall–Kier alpha value is -3.23. The van der Waals surface area contributed by atoms with E-state index < -0.39 is 18.3 Å². The topological polar surface area (TPSA) is 63.3 Å². The molecule has 2 aliphatic rings. The molecule has 1 aromatic carbocycles. The lowest BCUT2D eigenvalue weighted by atomic mass is 10.00. The van der Waals surface area contributed by atoms with E-state index in [4.69, 9.17) is 4.42 Å². The highest BCUT2D eigenvalue weighted by molar-refractivity contribution is 6.09. The highest BCUT2D eigenvalue weighted by atomic mass is 19.4. The summed E-state index contributed by atoms with van der Waals surface area (Å²) in [7, 11) is 0. The minimum absolute atomic E-state index is 0.0676. The molecule has 0 saturated heterocycles. The number of anilines is 2. The number of furan rings is 1. The number of aromatic nitrogens is 2. The van der Waals surface area contributed by atoms with Gasteiger partial charge in [0.05, 0.1) is 18.5 Å². The lowest BCUT2D eigenvalue weighted by Gasteiger charge is -2.34.